The third kappa shape index (κ3) is 3.30. The Bertz CT molecular complexity index is 615. The number of pyridine rings is 1. The quantitative estimate of drug-likeness (QED) is 0.908. The number of halogens is 2. The minimum Gasteiger partial charge on any atom is -0.439 e. The molecular formula is C15H14F2N2O. The summed E-state index contributed by atoms with van der Waals surface area (Å²) in [4.78, 5) is 4.06. The van der Waals surface area contributed by atoms with Gasteiger partial charge in [0, 0.05) is 30.9 Å². The maximum atomic E-state index is 13.1. The van der Waals surface area contributed by atoms with E-state index in [1.54, 1.807) is 12.3 Å². The summed E-state index contributed by atoms with van der Waals surface area (Å²) in [5, 5.41) is 3.39. The van der Waals surface area contributed by atoms with Crippen LogP contribution in [0.3, 0.4) is 0 Å². The largest absolute Gasteiger partial charge is 0.439 e. The number of hydrogen-bond donors (Lipinski definition) is 1. The lowest BCUT2D eigenvalue weighted by molar-refractivity contribution is 0.447. The summed E-state index contributed by atoms with van der Waals surface area (Å²) < 4.78 is 31.4. The summed E-state index contributed by atoms with van der Waals surface area (Å²) in [7, 11) is 0. The molecule has 0 unspecified atom stereocenters. The van der Waals surface area contributed by atoms with Crippen molar-refractivity contribution in [1.82, 2.24) is 10.3 Å². The highest BCUT2D eigenvalue weighted by Crippen LogP contribution is 2.23. The van der Waals surface area contributed by atoms with E-state index in [1.807, 2.05) is 6.07 Å². The van der Waals surface area contributed by atoms with Crippen LogP contribution in [0, 0.1) is 11.6 Å². The standard InChI is InChI=1S/C15H14F2N2O/c16-13-4-3-12(8-14(13)17)20-15-7-10(5-6-18-15)9-19-11-1-2-11/h3-8,11,19H,1-2,9H2. The van der Waals surface area contributed by atoms with E-state index in [-0.39, 0.29) is 5.75 Å². The molecule has 0 spiro atoms. The fourth-order valence-corrected chi connectivity index (χ4v) is 1.83. The molecule has 1 N–H and O–H groups in total. The first kappa shape index (κ1) is 13.0. The number of nitrogens with zero attached hydrogens (tertiary/aromatic N) is 1. The molecule has 104 valence electrons. The third-order valence-corrected chi connectivity index (χ3v) is 3.08. The Morgan fingerprint density at radius 1 is 1.15 bits per heavy atom. The Hall–Kier alpha value is -2.01. The summed E-state index contributed by atoms with van der Waals surface area (Å²) in [6.45, 7) is 0.751. The predicted octanol–water partition coefficient (Wildman–Crippen LogP) is 3.40. The fraction of sp³-hybridized carbons (Fsp3) is 0.267. The van der Waals surface area contributed by atoms with E-state index in [9.17, 15) is 8.78 Å². The molecule has 1 aliphatic rings. The second-order valence-electron chi connectivity index (χ2n) is 4.84. The Morgan fingerprint density at radius 3 is 2.75 bits per heavy atom. The van der Waals surface area contributed by atoms with Crippen molar-refractivity contribution in [3.05, 3.63) is 53.7 Å². The molecule has 1 heterocycles. The maximum Gasteiger partial charge on any atom is 0.219 e. The van der Waals surface area contributed by atoms with Crippen LogP contribution in [0.25, 0.3) is 0 Å². The van der Waals surface area contributed by atoms with E-state index >= 15 is 0 Å². The molecule has 1 fully saturated rings. The second kappa shape index (κ2) is 5.54. The number of hydrogen-bond acceptors (Lipinski definition) is 3. The summed E-state index contributed by atoms with van der Waals surface area (Å²) in [5.41, 5.74) is 1.05. The molecule has 1 aliphatic carbocycles. The van der Waals surface area contributed by atoms with E-state index in [1.165, 1.54) is 18.9 Å². The van der Waals surface area contributed by atoms with Crippen molar-refractivity contribution in [2.45, 2.75) is 25.4 Å². The molecule has 0 aliphatic heterocycles. The lowest BCUT2D eigenvalue weighted by Gasteiger charge is -2.07. The van der Waals surface area contributed by atoms with Gasteiger partial charge >= 0.3 is 0 Å². The minimum absolute atomic E-state index is 0.226. The molecule has 2 aromatic rings. The number of nitrogens with one attached hydrogen (secondary N) is 1. The average Bonchev–Trinajstić information content (AvgIpc) is 3.25. The van der Waals surface area contributed by atoms with Gasteiger partial charge in [-0.1, -0.05) is 0 Å². The topological polar surface area (TPSA) is 34.1 Å². The zero-order valence-corrected chi connectivity index (χ0v) is 10.8. The smallest absolute Gasteiger partial charge is 0.219 e. The number of rotatable bonds is 5. The fourth-order valence-electron chi connectivity index (χ4n) is 1.83. The highest BCUT2D eigenvalue weighted by Gasteiger charge is 2.19. The Kier molecular flexibility index (Phi) is 3.60. The average molecular weight is 276 g/mol. The molecule has 0 atom stereocenters. The molecule has 5 heteroatoms. The van der Waals surface area contributed by atoms with Crippen molar-refractivity contribution in [3.63, 3.8) is 0 Å². The van der Waals surface area contributed by atoms with Crippen LogP contribution < -0.4 is 10.1 Å². The number of ether oxygens (including phenoxy) is 1. The summed E-state index contributed by atoms with van der Waals surface area (Å²) >= 11 is 0. The summed E-state index contributed by atoms with van der Waals surface area (Å²) in [6, 6.07) is 7.72. The van der Waals surface area contributed by atoms with E-state index in [2.05, 4.69) is 10.3 Å². The molecule has 0 bridgehead atoms. The van der Waals surface area contributed by atoms with Gasteiger partial charge in [-0.2, -0.15) is 0 Å². The first-order valence-corrected chi connectivity index (χ1v) is 6.52. The number of benzene rings is 1. The van der Waals surface area contributed by atoms with Crippen LogP contribution in [0.5, 0.6) is 11.6 Å². The molecule has 1 aromatic heterocycles. The Balaban J connectivity index is 1.69. The van der Waals surface area contributed by atoms with Crippen LogP contribution in [-0.4, -0.2) is 11.0 Å². The monoisotopic (exact) mass is 276 g/mol. The van der Waals surface area contributed by atoms with Gasteiger partial charge < -0.3 is 10.1 Å². The van der Waals surface area contributed by atoms with Crippen LogP contribution in [-0.2, 0) is 6.54 Å². The first-order valence-electron chi connectivity index (χ1n) is 6.52. The van der Waals surface area contributed by atoms with Gasteiger partial charge in [-0.05, 0) is 36.6 Å². The van der Waals surface area contributed by atoms with Crippen LogP contribution in [0.4, 0.5) is 8.78 Å². The molecule has 20 heavy (non-hydrogen) atoms. The summed E-state index contributed by atoms with van der Waals surface area (Å²) in [6.07, 6.45) is 4.09. The van der Waals surface area contributed by atoms with Crippen molar-refractivity contribution >= 4 is 0 Å². The first-order chi connectivity index (χ1) is 9.70. The van der Waals surface area contributed by atoms with Gasteiger partial charge in [-0.15, -0.1) is 0 Å². The second-order valence-corrected chi connectivity index (χ2v) is 4.84. The van der Waals surface area contributed by atoms with Crippen LogP contribution >= 0.6 is 0 Å². The predicted molar refractivity (Wildman–Crippen MR) is 70.5 cm³/mol. The van der Waals surface area contributed by atoms with Crippen LogP contribution in [0.15, 0.2) is 36.5 Å². The van der Waals surface area contributed by atoms with Gasteiger partial charge in [-0.3, -0.25) is 0 Å². The van der Waals surface area contributed by atoms with Gasteiger partial charge in [-0.25, -0.2) is 13.8 Å². The van der Waals surface area contributed by atoms with E-state index < -0.39 is 11.6 Å². The number of aromatic nitrogens is 1. The van der Waals surface area contributed by atoms with Gasteiger partial charge in [0.05, 0.1) is 0 Å². The molecular weight excluding hydrogens is 262 g/mol. The van der Waals surface area contributed by atoms with Crippen LogP contribution in [0.1, 0.15) is 18.4 Å². The molecule has 3 rings (SSSR count). The van der Waals surface area contributed by atoms with Gasteiger partial charge in [0.25, 0.3) is 0 Å². The Morgan fingerprint density at radius 2 is 2.00 bits per heavy atom. The van der Waals surface area contributed by atoms with E-state index in [0.29, 0.717) is 11.9 Å². The third-order valence-electron chi connectivity index (χ3n) is 3.08. The van der Waals surface area contributed by atoms with Crippen molar-refractivity contribution < 1.29 is 13.5 Å². The molecule has 1 saturated carbocycles. The normalized spacial score (nSPS) is 14.3. The van der Waals surface area contributed by atoms with Crippen molar-refractivity contribution in [3.8, 4) is 11.6 Å². The Labute approximate surface area is 115 Å². The molecule has 0 amide bonds. The molecule has 0 saturated heterocycles. The minimum atomic E-state index is -0.936. The zero-order chi connectivity index (χ0) is 13.9. The lowest BCUT2D eigenvalue weighted by atomic mass is 10.2. The highest BCUT2D eigenvalue weighted by atomic mass is 19.2. The lowest BCUT2D eigenvalue weighted by Crippen LogP contribution is -2.15. The SMILES string of the molecule is Fc1ccc(Oc2cc(CNC3CC3)ccn2)cc1F. The van der Waals surface area contributed by atoms with Gasteiger partial charge in [0.2, 0.25) is 5.88 Å². The highest BCUT2D eigenvalue weighted by molar-refractivity contribution is 5.29. The van der Waals surface area contributed by atoms with Gasteiger partial charge in [0.15, 0.2) is 11.6 Å². The zero-order valence-electron chi connectivity index (χ0n) is 10.8. The molecule has 0 radical (unpaired) electrons. The van der Waals surface area contributed by atoms with Crippen molar-refractivity contribution in [2.24, 2.45) is 0 Å². The van der Waals surface area contributed by atoms with Gasteiger partial charge in [0.1, 0.15) is 5.75 Å². The van der Waals surface area contributed by atoms with E-state index in [4.69, 9.17) is 4.74 Å². The van der Waals surface area contributed by atoms with Crippen molar-refractivity contribution in [1.29, 1.82) is 0 Å². The van der Waals surface area contributed by atoms with Crippen LogP contribution in [0.2, 0.25) is 0 Å². The molecule has 3 nitrogen and oxygen atoms in total. The summed E-state index contributed by atoms with van der Waals surface area (Å²) in [5.74, 6) is -1.24. The van der Waals surface area contributed by atoms with E-state index in [0.717, 1.165) is 24.2 Å². The van der Waals surface area contributed by atoms with Crippen molar-refractivity contribution in [2.75, 3.05) is 0 Å². The maximum absolute atomic E-state index is 13.1. The molecule has 1 aromatic carbocycles.